The monoisotopic (exact) mass is 266 g/mol. The first-order valence-corrected chi connectivity index (χ1v) is 7.21. The molecule has 0 aromatic carbocycles. The number of aryl methyl sites for hydroxylation is 2. The molecule has 3 N–H and O–H groups in total. The molecular weight excluding hydrogens is 240 g/mol. The summed E-state index contributed by atoms with van der Waals surface area (Å²) in [6.45, 7) is 5.08. The Bertz CT molecular complexity index is 410. The maximum Gasteiger partial charge on any atom is 0.0644 e. The molecule has 0 amide bonds. The van der Waals surface area contributed by atoms with Gasteiger partial charge in [0.15, 0.2) is 0 Å². The number of hydrazine groups is 1. The number of hydrogen-bond acceptors (Lipinski definition) is 4. The first-order chi connectivity index (χ1) is 9.13. The number of ether oxygens (including phenoxy) is 1. The van der Waals surface area contributed by atoms with Crippen LogP contribution in [-0.2, 0) is 11.8 Å². The minimum atomic E-state index is 0.190. The summed E-state index contributed by atoms with van der Waals surface area (Å²) >= 11 is 0. The highest BCUT2D eigenvalue weighted by Gasteiger charge is 2.20. The van der Waals surface area contributed by atoms with E-state index in [0.717, 1.165) is 31.6 Å². The molecule has 0 bridgehead atoms. The molecule has 5 nitrogen and oxygen atoms in total. The van der Waals surface area contributed by atoms with Crippen molar-refractivity contribution in [2.24, 2.45) is 12.9 Å². The van der Waals surface area contributed by atoms with Crippen LogP contribution in [0, 0.1) is 13.8 Å². The molecule has 1 aliphatic rings. The summed E-state index contributed by atoms with van der Waals surface area (Å²) in [7, 11) is 1.98. The minimum Gasteiger partial charge on any atom is -0.378 e. The van der Waals surface area contributed by atoms with Crippen LogP contribution < -0.4 is 11.3 Å². The molecule has 108 valence electrons. The highest BCUT2D eigenvalue weighted by atomic mass is 16.5. The lowest BCUT2D eigenvalue weighted by molar-refractivity contribution is 0.101. The number of nitrogens with one attached hydrogen (secondary N) is 1. The van der Waals surface area contributed by atoms with Crippen molar-refractivity contribution in [3.8, 4) is 0 Å². The molecule has 1 saturated heterocycles. The molecule has 2 heterocycles. The fraction of sp³-hybridized carbons (Fsp3) is 0.786. The van der Waals surface area contributed by atoms with Gasteiger partial charge in [0, 0.05) is 31.0 Å². The summed E-state index contributed by atoms with van der Waals surface area (Å²) in [5.74, 6) is 5.73. The molecule has 0 aliphatic carbocycles. The molecule has 1 fully saturated rings. The van der Waals surface area contributed by atoms with Crippen LogP contribution in [0.2, 0.25) is 0 Å². The van der Waals surface area contributed by atoms with E-state index >= 15 is 0 Å². The predicted octanol–water partition coefficient (Wildman–Crippen LogP) is 1.89. The fourth-order valence-corrected chi connectivity index (χ4v) is 3.03. The predicted molar refractivity (Wildman–Crippen MR) is 75.6 cm³/mol. The average molecular weight is 266 g/mol. The minimum absolute atomic E-state index is 0.190. The van der Waals surface area contributed by atoms with Crippen molar-refractivity contribution in [3.63, 3.8) is 0 Å². The van der Waals surface area contributed by atoms with E-state index in [9.17, 15) is 0 Å². The normalized spacial score (nSPS) is 20.9. The standard InChI is InChI=1S/C14H26N4O/c1-10-14(11(2)18(3)17-10)13(16-15)8-4-6-12-7-5-9-19-12/h12-13,16H,4-9,15H2,1-3H3. The summed E-state index contributed by atoms with van der Waals surface area (Å²) < 4.78 is 7.58. The average Bonchev–Trinajstić information content (AvgIpc) is 2.97. The van der Waals surface area contributed by atoms with Gasteiger partial charge in [0.1, 0.15) is 0 Å². The SMILES string of the molecule is Cc1nn(C)c(C)c1C(CCCC1CCCO1)NN. The van der Waals surface area contributed by atoms with Crippen molar-refractivity contribution >= 4 is 0 Å². The van der Waals surface area contributed by atoms with Gasteiger partial charge in [-0.15, -0.1) is 0 Å². The van der Waals surface area contributed by atoms with E-state index in [4.69, 9.17) is 10.6 Å². The zero-order valence-corrected chi connectivity index (χ0v) is 12.3. The third kappa shape index (κ3) is 3.35. The van der Waals surface area contributed by atoms with Gasteiger partial charge in [-0.1, -0.05) is 0 Å². The van der Waals surface area contributed by atoms with Gasteiger partial charge in [-0.2, -0.15) is 5.10 Å². The summed E-state index contributed by atoms with van der Waals surface area (Å²) in [6.07, 6.45) is 6.19. The Morgan fingerprint density at radius 1 is 1.53 bits per heavy atom. The van der Waals surface area contributed by atoms with Crippen molar-refractivity contribution in [1.82, 2.24) is 15.2 Å². The Morgan fingerprint density at radius 3 is 2.84 bits per heavy atom. The van der Waals surface area contributed by atoms with Crippen LogP contribution >= 0.6 is 0 Å². The van der Waals surface area contributed by atoms with E-state index in [1.807, 2.05) is 18.7 Å². The molecule has 2 rings (SSSR count). The molecule has 1 aromatic heterocycles. The first-order valence-electron chi connectivity index (χ1n) is 7.21. The summed E-state index contributed by atoms with van der Waals surface area (Å²) in [6, 6.07) is 0.190. The third-order valence-electron chi connectivity index (χ3n) is 4.16. The number of aromatic nitrogens is 2. The smallest absolute Gasteiger partial charge is 0.0644 e. The Kier molecular flexibility index (Phi) is 4.96. The number of hydrogen-bond donors (Lipinski definition) is 2. The van der Waals surface area contributed by atoms with Crippen LogP contribution in [0.15, 0.2) is 0 Å². The van der Waals surface area contributed by atoms with E-state index in [2.05, 4.69) is 17.4 Å². The lowest BCUT2D eigenvalue weighted by Gasteiger charge is -2.18. The van der Waals surface area contributed by atoms with Gasteiger partial charge in [0.2, 0.25) is 0 Å². The van der Waals surface area contributed by atoms with Crippen LogP contribution in [-0.4, -0.2) is 22.5 Å². The zero-order chi connectivity index (χ0) is 13.8. The van der Waals surface area contributed by atoms with Gasteiger partial charge >= 0.3 is 0 Å². The van der Waals surface area contributed by atoms with Gasteiger partial charge < -0.3 is 4.74 Å². The Labute approximate surface area is 115 Å². The molecule has 0 radical (unpaired) electrons. The lowest BCUT2D eigenvalue weighted by atomic mass is 9.98. The number of rotatable bonds is 6. The van der Waals surface area contributed by atoms with Crippen LogP contribution in [0.3, 0.4) is 0 Å². The second-order valence-corrected chi connectivity index (χ2v) is 5.49. The largest absolute Gasteiger partial charge is 0.378 e. The Morgan fingerprint density at radius 2 is 2.32 bits per heavy atom. The van der Waals surface area contributed by atoms with E-state index in [1.54, 1.807) is 0 Å². The first kappa shape index (κ1) is 14.5. The summed E-state index contributed by atoms with van der Waals surface area (Å²) in [5, 5.41) is 4.46. The van der Waals surface area contributed by atoms with Crippen LogP contribution in [0.25, 0.3) is 0 Å². The molecule has 5 heteroatoms. The molecule has 2 atom stereocenters. The van der Waals surface area contributed by atoms with Gasteiger partial charge in [-0.25, -0.2) is 0 Å². The van der Waals surface area contributed by atoms with Crippen LogP contribution in [0.5, 0.6) is 0 Å². The molecular formula is C14H26N4O. The molecule has 19 heavy (non-hydrogen) atoms. The lowest BCUT2D eigenvalue weighted by Crippen LogP contribution is -2.29. The van der Waals surface area contributed by atoms with E-state index in [-0.39, 0.29) is 6.04 Å². The second kappa shape index (κ2) is 6.50. The molecule has 2 unspecified atom stereocenters. The van der Waals surface area contributed by atoms with Crippen molar-refractivity contribution in [2.45, 2.75) is 58.1 Å². The zero-order valence-electron chi connectivity index (χ0n) is 12.3. The van der Waals surface area contributed by atoms with Gasteiger partial charge in [-0.3, -0.25) is 16.0 Å². The summed E-state index contributed by atoms with van der Waals surface area (Å²) in [5.41, 5.74) is 6.45. The number of nitrogens with two attached hydrogens (primary N) is 1. The molecule has 1 aromatic rings. The molecule has 0 saturated carbocycles. The van der Waals surface area contributed by atoms with Crippen molar-refractivity contribution < 1.29 is 4.74 Å². The van der Waals surface area contributed by atoms with Crippen molar-refractivity contribution in [1.29, 1.82) is 0 Å². The van der Waals surface area contributed by atoms with E-state index in [0.29, 0.717) is 6.10 Å². The van der Waals surface area contributed by atoms with Gasteiger partial charge in [-0.05, 0) is 46.0 Å². The van der Waals surface area contributed by atoms with Crippen LogP contribution in [0.4, 0.5) is 0 Å². The Hall–Kier alpha value is -0.910. The maximum atomic E-state index is 5.73. The fourth-order valence-electron chi connectivity index (χ4n) is 3.03. The van der Waals surface area contributed by atoms with Crippen molar-refractivity contribution in [3.05, 3.63) is 17.0 Å². The van der Waals surface area contributed by atoms with Gasteiger partial charge in [0.05, 0.1) is 11.8 Å². The third-order valence-corrected chi connectivity index (χ3v) is 4.16. The highest BCUT2D eigenvalue weighted by Crippen LogP contribution is 2.26. The van der Waals surface area contributed by atoms with Crippen LogP contribution in [0.1, 0.15) is 55.1 Å². The van der Waals surface area contributed by atoms with E-state index < -0.39 is 0 Å². The molecule has 1 aliphatic heterocycles. The topological polar surface area (TPSA) is 65.1 Å². The molecule has 0 spiro atoms. The second-order valence-electron chi connectivity index (χ2n) is 5.49. The quantitative estimate of drug-likeness (QED) is 0.609. The van der Waals surface area contributed by atoms with E-state index in [1.165, 1.54) is 24.1 Å². The maximum absolute atomic E-state index is 5.73. The van der Waals surface area contributed by atoms with Crippen molar-refractivity contribution in [2.75, 3.05) is 6.61 Å². The summed E-state index contributed by atoms with van der Waals surface area (Å²) in [4.78, 5) is 0. The number of nitrogens with zero attached hydrogens (tertiary/aromatic N) is 2. The van der Waals surface area contributed by atoms with Gasteiger partial charge in [0.25, 0.3) is 0 Å². The Balaban J connectivity index is 1.91. The highest BCUT2D eigenvalue weighted by molar-refractivity contribution is 5.27.